The number of hydrogen-bond acceptors (Lipinski definition) is 4. The predicted molar refractivity (Wildman–Crippen MR) is 86.3 cm³/mol. The van der Waals surface area contributed by atoms with Crippen LogP contribution in [0.2, 0.25) is 0 Å². The molecule has 1 amide bonds. The van der Waals surface area contributed by atoms with E-state index in [0.29, 0.717) is 17.6 Å². The standard InChI is InChI=1S/C18H17NO4/c20-12-16(21)11-17(15-9-5-2-6-10-15)19-18(22)23-13-14-7-3-1-4-8-14/h1-10,12,16,21H,11,13H2. The summed E-state index contributed by atoms with van der Waals surface area (Å²) in [5.41, 5.74) is 1.82. The SMILES string of the molecule is O=CC(O)CC(=NC(=O)OCc1ccccc1)c1ccccc1. The van der Waals surface area contributed by atoms with Gasteiger partial charge >= 0.3 is 6.09 Å². The van der Waals surface area contributed by atoms with Crippen molar-refractivity contribution in [2.45, 2.75) is 19.1 Å². The third kappa shape index (κ3) is 5.48. The Kier molecular flexibility index (Phi) is 6.20. The Labute approximate surface area is 134 Å². The lowest BCUT2D eigenvalue weighted by atomic mass is 10.0. The van der Waals surface area contributed by atoms with Crippen LogP contribution in [0.5, 0.6) is 0 Å². The molecule has 1 N–H and O–H groups in total. The van der Waals surface area contributed by atoms with E-state index in [1.807, 2.05) is 36.4 Å². The first kappa shape index (κ1) is 16.6. The Morgan fingerprint density at radius 1 is 1.09 bits per heavy atom. The summed E-state index contributed by atoms with van der Waals surface area (Å²) in [6, 6.07) is 18.1. The number of ether oxygens (including phenoxy) is 1. The van der Waals surface area contributed by atoms with Gasteiger partial charge in [0.1, 0.15) is 19.0 Å². The monoisotopic (exact) mass is 311 g/mol. The Bertz CT molecular complexity index is 668. The van der Waals surface area contributed by atoms with Crippen molar-refractivity contribution in [3.05, 3.63) is 71.8 Å². The highest BCUT2D eigenvalue weighted by Gasteiger charge is 2.13. The van der Waals surface area contributed by atoms with Crippen molar-refractivity contribution < 1.29 is 19.4 Å². The molecular weight excluding hydrogens is 294 g/mol. The summed E-state index contributed by atoms with van der Waals surface area (Å²) in [5.74, 6) is 0. The molecule has 5 nitrogen and oxygen atoms in total. The van der Waals surface area contributed by atoms with E-state index in [9.17, 15) is 14.7 Å². The van der Waals surface area contributed by atoms with Crippen LogP contribution < -0.4 is 0 Å². The zero-order valence-electron chi connectivity index (χ0n) is 12.5. The second-order valence-corrected chi connectivity index (χ2v) is 4.87. The Balaban J connectivity index is 2.09. The average Bonchev–Trinajstić information content (AvgIpc) is 2.61. The molecule has 5 heteroatoms. The van der Waals surface area contributed by atoms with Crippen molar-refractivity contribution in [1.82, 2.24) is 0 Å². The minimum atomic E-state index is -1.21. The largest absolute Gasteiger partial charge is 0.443 e. The first-order valence-electron chi connectivity index (χ1n) is 7.16. The van der Waals surface area contributed by atoms with Crippen molar-refractivity contribution >= 4 is 18.1 Å². The molecule has 0 aliphatic rings. The van der Waals surface area contributed by atoms with Gasteiger partial charge in [0, 0.05) is 6.42 Å². The summed E-state index contributed by atoms with van der Waals surface area (Å²) in [5, 5.41) is 9.51. The van der Waals surface area contributed by atoms with Gasteiger partial charge in [0.05, 0.1) is 5.71 Å². The predicted octanol–water partition coefficient (Wildman–Crippen LogP) is 2.76. The normalized spacial score (nSPS) is 12.5. The first-order valence-corrected chi connectivity index (χ1v) is 7.16. The van der Waals surface area contributed by atoms with Gasteiger partial charge in [0.25, 0.3) is 0 Å². The molecule has 1 atom stereocenters. The van der Waals surface area contributed by atoms with Crippen LogP contribution in [-0.4, -0.2) is 29.3 Å². The highest BCUT2D eigenvalue weighted by atomic mass is 16.5. The van der Waals surface area contributed by atoms with Gasteiger partial charge in [-0.3, -0.25) is 0 Å². The number of aldehydes is 1. The fourth-order valence-electron chi connectivity index (χ4n) is 1.97. The van der Waals surface area contributed by atoms with E-state index in [0.717, 1.165) is 5.56 Å². The summed E-state index contributed by atoms with van der Waals surface area (Å²) < 4.78 is 5.10. The number of aliphatic hydroxyl groups excluding tert-OH is 1. The van der Waals surface area contributed by atoms with Crippen molar-refractivity contribution in [3.8, 4) is 0 Å². The minimum absolute atomic E-state index is 0.0477. The fourth-order valence-corrected chi connectivity index (χ4v) is 1.97. The van der Waals surface area contributed by atoms with Gasteiger partial charge in [0.15, 0.2) is 0 Å². The lowest BCUT2D eigenvalue weighted by Gasteiger charge is -2.08. The first-order chi connectivity index (χ1) is 11.2. The minimum Gasteiger partial charge on any atom is -0.443 e. The van der Waals surface area contributed by atoms with Crippen LogP contribution in [0.15, 0.2) is 65.7 Å². The maximum Gasteiger partial charge on any atom is 0.434 e. The number of aliphatic hydroxyl groups is 1. The summed E-state index contributed by atoms with van der Waals surface area (Å²) in [6.45, 7) is 0.113. The maximum absolute atomic E-state index is 11.9. The van der Waals surface area contributed by atoms with Crippen molar-refractivity contribution in [2.75, 3.05) is 0 Å². The van der Waals surface area contributed by atoms with E-state index in [2.05, 4.69) is 4.99 Å². The van der Waals surface area contributed by atoms with Gasteiger partial charge in [-0.25, -0.2) is 4.79 Å². The maximum atomic E-state index is 11.9. The lowest BCUT2D eigenvalue weighted by molar-refractivity contribution is -0.114. The van der Waals surface area contributed by atoms with Gasteiger partial charge in [0.2, 0.25) is 0 Å². The zero-order valence-corrected chi connectivity index (χ0v) is 12.5. The Morgan fingerprint density at radius 2 is 1.70 bits per heavy atom. The number of carbonyl (C=O) groups excluding carboxylic acids is 2. The van der Waals surface area contributed by atoms with Crippen molar-refractivity contribution in [2.24, 2.45) is 4.99 Å². The molecule has 0 aromatic heterocycles. The molecule has 23 heavy (non-hydrogen) atoms. The molecule has 0 saturated heterocycles. The van der Waals surface area contributed by atoms with Crippen molar-refractivity contribution in [1.29, 1.82) is 0 Å². The second kappa shape index (κ2) is 8.60. The third-order valence-corrected chi connectivity index (χ3v) is 3.10. The second-order valence-electron chi connectivity index (χ2n) is 4.87. The highest BCUT2D eigenvalue weighted by molar-refractivity contribution is 6.06. The third-order valence-electron chi connectivity index (χ3n) is 3.10. The van der Waals surface area contributed by atoms with E-state index in [1.54, 1.807) is 24.3 Å². The summed E-state index contributed by atoms with van der Waals surface area (Å²) in [4.78, 5) is 26.4. The molecule has 0 bridgehead atoms. The van der Waals surface area contributed by atoms with E-state index < -0.39 is 12.2 Å². The lowest BCUT2D eigenvalue weighted by Crippen LogP contribution is -2.17. The van der Waals surface area contributed by atoms with Gasteiger partial charge in [-0.2, -0.15) is 4.99 Å². The molecule has 2 rings (SSSR count). The molecule has 0 spiro atoms. The van der Waals surface area contributed by atoms with E-state index in [1.165, 1.54) is 0 Å². The molecule has 0 radical (unpaired) electrons. The molecule has 0 aliphatic heterocycles. The smallest absolute Gasteiger partial charge is 0.434 e. The Morgan fingerprint density at radius 3 is 2.30 bits per heavy atom. The summed E-state index contributed by atoms with van der Waals surface area (Å²) >= 11 is 0. The molecule has 0 saturated carbocycles. The average molecular weight is 311 g/mol. The zero-order chi connectivity index (χ0) is 16.5. The number of aliphatic imine (C=N–C) groups is 1. The summed E-state index contributed by atoms with van der Waals surface area (Å²) in [6.07, 6.45) is -1.61. The molecule has 0 heterocycles. The van der Waals surface area contributed by atoms with Crippen molar-refractivity contribution in [3.63, 3.8) is 0 Å². The molecule has 2 aromatic rings. The number of nitrogens with zero attached hydrogens (tertiary/aromatic N) is 1. The number of carbonyl (C=O) groups is 2. The number of rotatable bonds is 6. The van der Waals surface area contributed by atoms with E-state index in [-0.39, 0.29) is 13.0 Å². The van der Waals surface area contributed by atoms with Gasteiger partial charge < -0.3 is 14.6 Å². The van der Waals surface area contributed by atoms with Crippen LogP contribution in [0.25, 0.3) is 0 Å². The molecule has 118 valence electrons. The topological polar surface area (TPSA) is 76.0 Å². The van der Waals surface area contributed by atoms with Crippen LogP contribution in [0.1, 0.15) is 17.5 Å². The van der Waals surface area contributed by atoms with Gasteiger partial charge in [-0.1, -0.05) is 60.7 Å². The van der Waals surface area contributed by atoms with Gasteiger partial charge in [-0.15, -0.1) is 0 Å². The quantitative estimate of drug-likeness (QED) is 0.657. The van der Waals surface area contributed by atoms with Crippen LogP contribution in [0, 0.1) is 0 Å². The molecule has 0 fully saturated rings. The molecule has 1 unspecified atom stereocenters. The van der Waals surface area contributed by atoms with Crippen LogP contribution >= 0.6 is 0 Å². The molecular formula is C18H17NO4. The fraction of sp³-hybridized carbons (Fsp3) is 0.167. The molecule has 0 aliphatic carbocycles. The van der Waals surface area contributed by atoms with E-state index >= 15 is 0 Å². The molecule has 2 aromatic carbocycles. The van der Waals surface area contributed by atoms with Crippen LogP contribution in [0.3, 0.4) is 0 Å². The van der Waals surface area contributed by atoms with Crippen LogP contribution in [-0.2, 0) is 16.1 Å². The highest BCUT2D eigenvalue weighted by Crippen LogP contribution is 2.09. The van der Waals surface area contributed by atoms with Gasteiger partial charge in [-0.05, 0) is 11.1 Å². The van der Waals surface area contributed by atoms with E-state index in [4.69, 9.17) is 4.74 Å². The van der Waals surface area contributed by atoms with Crippen LogP contribution in [0.4, 0.5) is 4.79 Å². The number of benzene rings is 2. The summed E-state index contributed by atoms with van der Waals surface area (Å²) in [7, 11) is 0. The number of hydrogen-bond donors (Lipinski definition) is 1. The number of amides is 1. The Hall–Kier alpha value is -2.79.